The summed E-state index contributed by atoms with van der Waals surface area (Å²) in [4.78, 5) is 25.4. The van der Waals surface area contributed by atoms with E-state index < -0.39 is 11.9 Å². The third-order valence-electron chi connectivity index (χ3n) is 4.66. The molecule has 2 aromatic carbocycles. The van der Waals surface area contributed by atoms with Gasteiger partial charge in [0, 0.05) is 0 Å². The van der Waals surface area contributed by atoms with Crippen LogP contribution in [0, 0.1) is 13.8 Å². The van der Waals surface area contributed by atoms with E-state index in [-0.39, 0.29) is 11.2 Å². The van der Waals surface area contributed by atoms with Gasteiger partial charge in [-0.05, 0) is 48.7 Å². The molecule has 0 aliphatic carbocycles. The lowest BCUT2D eigenvalue weighted by molar-refractivity contribution is 0.0938. The van der Waals surface area contributed by atoms with E-state index in [9.17, 15) is 9.59 Å². The number of carbonyl (C=O) groups excluding carboxylic acids is 1. The Morgan fingerprint density at radius 2 is 1.80 bits per heavy atom. The van der Waals surface area contributed by atoms with Crippen LogP contribution in [0.25, 0.3) is 11.0 Å². The maximum Gasteiger partial charge on any atom is 0.288 e. The van der Waals surface area contributed by atoms with Crippen molar-refractivity contribution in [3.05, 3.63) is 78.6 Å². The molecule has 1 N–H and O–H groups in total. The van der Waals surface area contributed by atoms with E-state index in [0.29, 0.717) is 32.1 Å². The fraction of sp³-hybridized carbons (Fsp3) is 0.158. The van der Waals surface area contributed by atoms with Crippen LogP contribution in [0.15, 0.2) is 39.5 Å². The normalized spacial score (nSPS) is 16.2. The van der Waals surface area contributed by atoms with Gasteiger partial charge in [0.2, 0.25) is 5.76 Å². The number of benzene rings is 2. The minimum atomic E-state index is -0.612. The zero-order valence-electron chi connectivity index (χ0n) is 13.4. The van der Waals surface area contributed by atoms with E-state index in [0.717, 1.165) is 11.1 Å². The molecule has 6 heteroatoms. The monoisotopic (exact) mass is 373 g/mol. The summed E-state index contributed by atoms with van der Waals surface area (Å²) < 4.78 is 5.84. The Balaban J connectivity index is 2.01. The van der Waals surface area contributed by atoms with E-state index in [1.807, 2.05) is 19.9 Å². The molecule has 0 spiro atoms. The average molecular weight is 374 g/mol. The molecule has 1 atom stereocenters. The van der Waals surface area contributed by atoms with Crippen LogP contribution in [0.5, 0.6) is 0 Å². The van der Waals surface area contributed by atoms with Gasteiger partial charge in [0.25, 0.3) is 5.91 Å². The van der Waals surface area contributed by atoms with Crippen LogP contribution in [-0.4, -0.2) is 5.91 Å². The molecule has 25 heavy (non-hydrogen) atoms. The first kappa shape index (κ1) is 16.2. The summed E-state index contributed by atoms with van der Waals surface area (Å²) in [6, 6.07) is 8.02. The van der Waals surface area contributed by atoms with Crippen molar-refractivity contribution in [1.82, 2.24) is 5.32 Å². The van der Waals surface area contributed by atoms with E-state index in [4.69, 9.17) is 27.6 Å². The summed E-state index contributed by atoms with van der Waals surface area (Å²) in [6.07, 6.45) is 0. The Morgan fingerprint density at radius 1 is 1.04 bits per heavy atom. The molecular weight excluding hydrogens is 361 g/mol. The molecule has 126 valence electrons. The van der Waals surface area contributed by atoms with Crippen LogP contribution >= 0.6 is 23.2 Å². The highest BCUT2D eigenvalue weighted by molar-refractivity contribution is 6.42. The van der Waals surface area contributed by atoms with E-state index in [1.54, 1.807) is 24.3 Å². The van der Waals surface area contributed by atoms with Crippen molar-refractivity contribution in [2.24, 2.45) is 0 Å². The second kappa shape index (κ2) is 5.61. The topological polar surface area (TPSA) is 59.3 Å². The van der Waals surface area contributed by atoms with Gasteiger partial charge in [-0.2, -0.15) is 0 Å². The van der Waals surface area contributed by atoms with E-state index in [1.165, 1.54) is 0 Å². The summed E-state index contributed by atoms with van der Waals surface area (Å²) in [5, 5.41) is 4.03. The van der Waals surface area contributed by atoms with Crippen molar-refractivity contribution in [3.63, 3.8) is 0 Å². The lowest BCUT2D eigenvalue weighted by Crippen LogP contribution is -2.21. The number of fused-ring (bicyclic) bond motifs is 2. The number of rotatable bonds is 1. The second-order valence-electron chi connectivity index (χ2n) is 6.14. The average Bonchev–Trinajstić information content (AvgIpc) is 2.91. The van der Waals surface area contributed by atoms with Gasteiger partial charge in [0.05, 0.1) is 27.0 Å². The van der Waals surface area contributed by atoms with Crippen molar-refractivity contribution in [2.75, 3.05) is 0 Å². The van der Waals surface area contributed by atoms with Gasteiger partial charge in [-0.25, -0.2) is 0 Å². The maximum atomic E-state index is 13.1. The molecule has 0 bridgehead atoms. The van der Waals surface area contributed by atoms with Crippen molar-refractivity contribution < 1.29 is 9.21 Å². The first-order chi connectivity index (χ1) is 11.9. The van der Waals surface area contributed by atoms with Gasteiger partial charge in [-0.15, -0.1) is 0 Å². The highest BCUT2D eigenvalue weighted by Crippen LogP contribution is 2.34. The predicted molar refractivity (Wildman–Crippen MR) is 97.7 cm³/mol. The van der Waals surface area contributed by atoms with Crippen LogP contribution in [0.1, 0.15) is 38.9 Å². The molecule has 4 rings (SSSR count). The minimum absolute atomic E-state index is 0.0577. The van der Waals surface area contributed by atoms with Crippen LogP contribution in [0.3, 0.4) is 0 Å². The highest BCUT2D eigenvalue weighted by Gasteiger charge is 2.36. The molecule has 4 nitrogen and oxygen atoms in total. The Bertz CT molecular complexity index is 1120. The summed E-state index contributed by atoms with van der Waals surface area (Å²) >= 11 is 12.0. The lowest BCUT2D eigenvalue weighted by atomic mass is 9.98. The van der Waals surface area contributed by atoms with Crippen molar-refractivity contribution >= 4 is 40.1 Å². The largest absolute Gasteiger partial charge is 0.450 e. The number of nitrogens with one attached hydrogen (secondary N) is 1. The van der Waals surface area contributed by atoms with Gasteiger partial charge < -0.3 is 9.73 Å². The molecule has 3 aromatic rings. The molecule has 0 saturated heterocycles. The van der Waals surface area contributed by atoms with Gasteiger partial charge >= 0.3 is 0 Å². The van der Waals surface area contributed by atoms with Gasteiger partial charge in [0.15, 0.2) is 5.43 Å². The molecule has 2 heterocycles. The molecule has 0 saturated carbocycles. The molecule has 0 fully saturated rings. The molecule has 1 aliphatic rings. The molecule has 1 aliphatic heterocycles. The van der Waals surface area contributed by atoms with Gasteiger partial charge in [-0.3, -0.25) is 9.59 Å². The summed E-state index contributed by atoms with van der Waals surface area (Å²) in [5.41, 5.74) is 3.07. The fourth-order valence-electron chi connectivity index (χ4n) is 3.15. The maximum absolute atomic E-state index is 13.1. The molecule has 1 amide bonds. The number of hydrogen-bond donors (Lipinski definition) is 1. The van der Waals surface area contributed by atoms with Crippen molar-refractivity contribution in [3.8, 4) is 0 Å². The van der Waals surface area contributed by atoms with E-state index in [2.05, 4.69) is 5.32 Å². The number of halogens is 2. The van der Waals surface area contributed by atoms with Gasteiger partial charge in [0.1, 0.15) is 5.58 Å². The summed E-state index contributed by atoms with van der Waals surface area (Å²) in [7, 11) is 0. The van der Waals surface area contributed by atoms with Crippen LogP contribution < -0.4 is 10.7 Å². The first-order valence-corrected chi connectivity index (χ1v) is 8.47. The second-order valence-corrected chi connectivity index (χ2v) is 6.95. The highest BCUT2D eigenvalue weighted by atomic mass is 35.5. The molecule has 1 unspecified atom stereocenters. The predicted octanol–water partition coefficient (Wildman–Crippen LogP) is 4.55. The first-order valence-electron chi connectivity index (χ1n) is 7.71. The van der Waals surface area contributed by atoms with Crippen molar-refractivity contribution in [1.29, 1.82) is 0 Å². The third-order valence-corrected chi connectivity index (χ3v) is 5.40. The van der Waals surface area contributed by atoms with Crippen LogP contribution in [0.2, 0.25) is 10.0 Å². The lowest BCUT2D eigenvalue weighted by Gasteiger charge is -2.13. The third kappa shape index (κ3) is 2.36. The Kier molecular flexibility index (Phi) is 3.63. The zero-order chi connectivity index (χ0) is 17.9. The Morgan fingerprint density at radius 3 is 2.52 bits per heavy atom. The van der Waals surface area contributed by atoms with Crippen LogP contribution in [-0.2, 0) is 0 Å². The Hall–Kier alpha value is -2.30. The molecule has 1 aromatic heterocycles. The zero-order valence-corrected chi connectivity index (χ0v) is 15.0. The smallest absolute Gasteiger partial charge is 0.288 e. The van der Waals surface area contributed by atoms with Crippen LogP contribution in [0.4, 0.5) is 0 Å². The minimum Gasteiger partial charge on any atom is -0.450 e. The number of aryl methyl sites for hydroxylation is 2. The fourth-order valence-corrected chi connectivity index (χ4v) is 3.45. The standard InChI is InChI=1S/C19H13Cl2NO3/c1-8-3-5-11-16(23)14-15(10-4-6-12(20)13(21)7-10)22-19(24)18(14)25-17(11)9(8)2/h3-7,15H,1-2H3,(H,22,24). The molecule has 0 radical (unpaired) electrons. The summed E-state index contributed by atoms with van der Waals surface area (Å²) in [6.45, 7) is 3.80. The number of hydrogen-bond acceptors (Lipinski definition) is 3. The summed E-state index contributed by atoms with van der Waals surface area (Å²) in [5.74, 6) is -0.353. The quantitative estimate of drug-likeness (QED) is 0.680. The Labute approximate surface area is 153 Å². The van der Waals surface area contributed by atoms with Crippen molar-refractivity contribution in [2.45, 2.75) is 19.9 Å². The SMILES string of the molecule is Cc1ccc2c(=O)c3c(oc2c1C)C(=O)NC3c1ccc(Cl)c(Cl)c1. The van der Waals surface area contributed by atoms with Gasteiger partial charge in [-0.1, -0.05) is 35.3 Å². The molecular formula is C19H13Cl2NO3. The number of amides is 1. The van der Waals surface area contributed by atoms with E-state index >= 15 is 0 Å². The number of carbonyl (C=O) groups is 1.